The summed E-state index contributed by atoms with van der Waals surface area (Å²) >= 11 is 0. The molecule has 144 valence electrons. The molecule has 2 N–H and O–H groups in total. The molecule has 2 aromatic carbocycles. The summed E-state index contributed by atoms with van der Waals surface area (Å²) in [7, 11) is 0. The number of benzene rings is 2. The van der Waals surface area contributed by atoms with Crippen LogP contribution in [0.2, 0.25) is 0 Å². The van der Waals surface area contributed by atoms with Gasteiger partial charge >= 0.3 is 6.09 Å². The largest absolute Gasteiger partial charge is 0.444 e. The van der Waals surface area contributed by atoms with Gasteiger partial charge in [-0.15, -0.1) is 0 Å². The Hall–Kier alpha value is -3.61. The molecule has 7 heteroatoms. The minimum atomic E-state index is -0.570. The van der Waals surface area contributed by atoms with Crippen molar-refractivity contribution in [2.75, 3.05) is 10.6 Å². The third-order valence-corrected chi connectivity index (χ3v) is 3.49. The van der Waals surface area contributed by atoms with Crippen LogP contribution in [0.15, 0.2) is 59.0 Å². The summed E-state index contributed by atoms with van der Waals surface area (Å²) in [6.45, 7) is 5.37. The van der Waals surface area contributed by atoms with Crippen molar-refractivity contribution in [3.63, 3.8) is 0 Å². The first kappa shape index (κ1) is 19.2. The first-order valence-electron chi connectivity index (χ1n) is 8.73. The highest BCUT2D eigenvalue weighted by molar-refractivity contribution is 6.02. The number of hydrogen-bond donors (Lipinski definition) is 2. The number of ether oxygens (including phenoxy) is 1. The monoisotopic (exact) mass is 379 g/mol. The molecule has 0 radical (unpaired) electrons. The van der Waals surface area contributed by atoms with E-state index in [1.165, 1.54) is 12.2 Å². The second-order valence-corrected chi connectivity index (χ2v) is 7.05. The SMILES string of the molecule is CC(C)(C)OC(=O)Nc1ccc(NC(=O)C=Cc2nc3ccccc3o2)cc1. The average molecular weight is 379 g/mol. The van der Waals surface area contributed by atoms with Gasteiger partial charge in [-0.3, -0.25) is 10.1 Å². The maximum atomic E-state index is 12.1. The molecule has 0 aliphatic carbocycles. The molecule has 0 aliphatic rings. The van der Waals surface area contributed by atoms with E-state index < -0.39 is 11.7 Å². The predicted octanol–water partition coefficient (Wildman–Crippen LogP) is 4.83. The van der Waals surface area contributed by atoms with Crippen LogP contribution < -0.4 is 10.6 Å². The Morgan fingerprint density at radius 2 is 1.64 bits per heavy atom. The number of nitrogens with one attached hydrogen (secondary N) is 2. The van der Waals surface area contributed by atoms with Crippen molar-refractivity contribution in [3.05, 3.63) is 60.5 Å². The molecule has 1 heterocycles. The zero-order valence-electron chi connectivity index (χ0n) is 15.9. The van der Waals surface area contributed by atoms with Crippen molar-refractivity contribution in [1.29, 1.82) is 0 Å². The highest BCUT2D eigenvalue weighted by Gasteiger charge is 2.16. The van der Waals surface area contributed by atoms with E-state index in [9.17, 15) is 9.59 Å². The Morgan fingerprint density at radius 1 is 1.00 bits per heavy atom. The lowest BCUT2D eigenvalue weighted by Gasteiger charge is -2.19. The van der Waals surface area contributed by atoms with Crippen LogP contribution >= 0.6 is 0 Å². The molecular weight excluding hydrogens is 358 g/mol. The summed E-state index contributed by atoms with van der Waals surface area (Å²) in [5.41, 5.74) is 1.97. The van der Waals surface area contributed by atoms with Gasteiger partial charge in [0.1, 0.15) is 11.1 Å². The number of hydrogen-bond acceptors (Lipinski definition) is 5. The van der Waals surface area contributed by atoms with Crippen molar-refractivity contribution in [2.45, 2.75) is 26.4 Å². The van der Waals surface area contributed by atoms with Crippen molar-refractivity contribution < 1.29 is 18.7 Å². The summed E-state index contributed by atoms with van der Waals surface area (Å²) in [5.74, 6) is 0.0309. The van der Waals surface area contributed by atoms with Crippen LogP contribution in [0.5, 0.6) is 0 Å². The Balaban J connectivity index is 1.56. The van der Waals surface area contributed by atoms with E-state index in [4.69, 9.17) is 9.15 Å². The van der Waals surface area contributed by atoms with Gasteiger partial charge < -0.3 is 14.5 Å². The number of carbonyl (C=O) groups is 2. The van der Waals surface area contributed by atoms with Gasteiger partial charge in [0, 0.05) is 23.5 Å². The number of oxazole rings is 1. The summed E-state index contributed by atoms with van der Waals surface area (Å²) in [4.78, 5) is 28.1. The summed E-state index contributed by atoms with van der Waals surface area (Å²) < 4.78 is 10.7. The lowest BCUT2D eigenvalue weighted by molar-refractivity contribution is -0.111. The lowest BCUT2D eigenvalue weighted by Crippen LogP contribution is -2.27. The molecule has 0 bridgehead atoms. The maximum absolute atomic E-state index is 12.1. The maximum Gasteiger partial charge on any atom is 0.412 e. The first-order chi connectivity index (χ1) is 13.3. The fraction of sp³-hybridized carbons (Fsp3) is 0.190. The van der Waals surface area contributed by atoms with E-state index >= 15 is 0 Å². The van der Waals surface area contributed by atoms with Gasteiger partial charge in [0.05, 0.1) is 0 Å². The van der Waals surface area contributed by atoms with Crippen LogP contribution in [-0.4, -0.2) is 22.6 Å². The molecule has 0 fully saturated rings. The number of anilines is 2. The van der Waals surface area contributed by atoms with Crippen LogP contribution in [-0.2, 0) is 9.53 Å². The van der Waals surface area contributed by atoms with Gasteiger partial charge in [-0.2, -0.15) is 0 Å². The molecule has 0 saturated heterocycles. The van der Waals surface area contributed by atoms with Gasteiger partial charge in [-0.1, -0.05) is 12.1 Å². The molecule has 0 spiro atoms. The van der Waals surface area contributed by atoms with Crippen LogP contribution in [0.1, 0.15) is 26.7 Å². The van der Waals surface area contributed by atoms with Crippen molar-refractivity contribution in [1.82, 2.24) is 4.98 Å². The highest BCUT2D eigenvalue weighted by atomic mass is 16.6. The average Bonchev–Trinajstić information content (AvgIpc) is 3.03. The van der Waals surface area contributed by atoms with Gasteiger partial charge in [0.15, 0.2) is 5.58 Å². The lowest BCUT2D eigenvalue weighted by atomic mass is 10.2. The van der Waals surface area contributed by atoms with E-state index in [1.807, 2.05) is 24.3 Å². The van der Waals surface area contributed by atoms with Crippen molar-refractivity contribution in [3.8, 4) is 0 Å². The number of amides is 2. The molecule has 3 aromatic rings. The Labute approximate surface area is 162 Å². The van der Waals surface area contributed by atoms with Gasteiger partial charge in [-0.25, -0.2) is 9.78 Å². The quantitative estimate of drug-likeness (QED) is 0.634. The number of carbonyl (C=O) groups excluding carboxylic acids is 2. The van der Waals surface area contributed by atoms with E-state index in [0.29, 0.717) is 22.8 Å². The standard InChI is InChI=1S/C21H21N3O4/c1-21(2,3)28-20(26)23-15-10-8-14(9-11-15)22-18(25)12-13-19-24-16-6-4-5-7-17(16)27-19/h4-13H,1-3H3,(H,22,25)(H,23,26). The van der Waals surface area contributed by atoms with Crippen molar-refractivity contribution >= 4 is 40.6 Å². The number of rotatable bonds is 4. The van der Waals surface area contributed by atoms with Crippen LogP contribution in [0.25, 0.3) is 17.2 Å². The first-order valence-corrected chi connectivity index (χ1v) is 8.73. The fourth-order valence-electron chi connectivity index (χ4n) is 2.35. The molecular formula is C21H21N3O4. The summed E-state index contributed by atoms with van der Waals surface area (Å²) in [6.07, 6.45) is 2.32. The van der Waals surface area contributed by atoms with E-state index in [1.54, 1.807) is 45.0 Å². The number of nitrogens with zero attached hydrogens (tertiary/aromatic N) is 1. The van der Waals surface area contributed by atoms with E-state index in [0.717, 1.165) is 5.52 Å². The number of fused-ring (bicyclic) bond motifs is 1. The molecule has 0 aliphatic heterocycles. The third kappa shape index (κ3) is 5.44. The highest BCUT2D eigenvalue weighted by Crippen LogP contribution is 2.17. The molecule has 0 unspecified atom stereocenters. The molecule has 3 rings (SSSR count). The topological polar surface area (TPSA) is 93.5 Å². The van der Waals surface area contributed by atoms with E-state index in [2.05, 4.69) is 15.6 Å². The minimum absolute atomic E-state index is 0.324. The van der Waals surface area contributed by atoms with Crippen LogP contribution in [0, 0.1) is 0 Å². The molecule has 7 nitrogen and oxygen atoms in total. The zero-order chi connectivity index (χ0) is 20.1. The molecule has 2 amide bonds. The van der Waals surface area contributed by atoms with Gasteiger partial charge in [0.2, 0.25) is 11.8 Å². The Morgan fingerprint density at radius 3 is 2.29 bits per heavy atom. The summed E-state index contributed by atoms with van der Waals surface area (Å²) in [6, 6.07) is 14.1. The zero-order valence-corrected chi connectivity index (χ0v) is 15.9. The predicted molar refractivity (Wildman–Crippen MR) is 108 cm³/mol. The van der Waals surface area contributed by atoms with Crippen LogP contribution in [0.3, 0.4) is 0 Å². The third-order valence-electron chi connectivity index (χ3n) is 3.49. The molecule has 1 aromatic heterocycles. The second-order valence-electron chi connectivity index (χ2n) is 7.05. The molecule has 28 heavy (non-hydrogen) atoms. The van der Waals surface area contributed by atoms with E-state index in [-0.39, 0.29) is 5.91 Å². The smallest absolute Gasteiger partial charge is 0.412 e. The number of aromatic nitrogens is 1. The summed E-state index contributed by atoms with van der Waals surface area (Å²) in [5, 5.41) is 5.36. The normalized spacial score (nSPS) is 11.5. The fourth-order valence-corrected chi connectivity index (χ4v) is 2.35. The van der Waals surface area contributed by atoms with Gasteiger partial charge in [0.25, 0.3) is 0 Å². The Bertz CT molecular complexity index is 981. The van der Waals surface area contributed by atoms with Gasteiger partial charge in [-0.05, 0) is 57.2 Å². The van der Waals surface area contributed by atoms with Crippen molar-refractivity contribution in [2.24, 2.45) is 0 Å². The number of para-hydroxylation sites is 2. The minimum Gasteiger partial charge on any atom is -0.444 e. The Kier molecular flexibility index (Phi) is 5.44. The van der Waals surface area contributed by atoms with Crippen LogP contribution in [0.4, 0.5) is 16.2 Å². The molecule has 0 saturated carbocycles. The molecule has 0 atom stereocenters. The second kappa shape index (κ2) is 7.96.